The zero-order valence-corrected chi connectivity index (χ0v) is 24.8. The molecule has 2 aromatic carbocycles. The van der Waals surface area contributed by atoms with E-state index in [9.17, 15) is 0 Å². The Bertz CT molecular complexity index is 1320. The molecule has 1 heterocycles. The molecule has 220 valence electrons. The smallest absolute Gasteiger partial charge is 0.122 e. The number of rotatable bonds is 14. The predicted molar refractivity (Wildman–Crippen MR) is 180 cm³/mol. The van der Waals surface area contributed by atoms with Crippen molar-refractivity contribution in [2.45, 2.75) is 51.0 Å². The Labute approximate surface area is 252 Å². The number of aliphatic imine (C=N–C) groups is 1. The highest BCUT2D eigenvalue weighted by Gasteiger charge is 2.23. The van der Waals surface area contributed by atoms with Crippen molar-refractivity contribution in [1.29, 1.82) is 0 Å². The largest absolute Gasteiger partial charge is 0.398 e. The number of piperidine rings is 1. The fourth-order valence-electron chi connectivity index (χ4n) is 5.14. The van der Waals surface area contributed by atoms with Gasteiger partial charge in [-0.15, -0.1) is 0 Å². The van der Waals surface area contributed by atoms with Crippen molar-refractivity contribution >= 4 is 17.6 Å². The molecule has 1 aliphatic heterocycles. The molecule has 0 radical (unpaired) electrons. The lowest BCUT2D eigenvalue weighted by molar-refractivity contribution is 0.353. The summed E-state index contributed by atoms with van der Waals surface area (Å²) < 4.78 is 0. The van der Waals surface area contributed by atoms with Gasteiger partial charge in [-0.2, -0.15) is 0 Å². The zero-order valence-electron chi connectivity index (χ0n) is 24.8. The van der Waals surface area contributed by atoms with Crippen molar-refractivity contribution in [2.75, 3.05) is 23.3 Å². The van der Waals surface area contributed by atoms with Gasteiger partial charge in [-0.25, -0.2) is 4.99 Å². The first-order chi connectivity index (χ1) is 20.4. The van der Waals surface area contributed by atoms with Crippen molar-refractivity contribution in [1.82, 2.24) is 5.32 Å². The summed E-state index contributed by atoms with van der Waals surface area (Å²) in [6.07, 6.45) is 17.3. The molecule has 2 fully saturated rings. The average molecular weight is 563 g/mol. The quantitative estimate of drug-likeness (QED) is 0.148. The third-order valence-corrected chi connectivity index (χ3v) is 7.95. The molecule has 1 saturated heterocycles. The van der Waals surface area contributed by atoms with Gasteiger partial charge in [-0.1, -0.05) is 68.6 Å². The van der Waals surface area contributed by atoms with Gasteiger partial charge in [0.2, 0.25) is 0 Å². The minimum absolute atomic E-state index is 0.186. The monoisotopic (exact) mass is 562 g/mol. The molecule has 0 unspecified atom stereocenters. The normalized spacial score (nSPS) is 17.5. The first-order valence-corrected chi connectivity index (χ1v) is 15.0. The lowest BCUT2D eigenvalue weighted by Gasteiger charge is -2.30. The van der Waals surface area contributed by atoms with Gasteiger partial charge in [0.1, 0.15) is 5.82 Å². The Balaban J connectivity index is 1.34. The molecule has 42 heavy (non-hydrogen) atoms. The molecule has 0 aromatic heterocycles. The first-order valence-electron chi connectivity index (χ1n) is 15.0. The van der Waals surface area contributed by atoms with Crippen molar-refractivity contribution in [3.8, 4) is 0 Å². The number of nitrogens with one attached hydrogen (secondary N) is 2. The van der Waals surface area contributed by atoms with E-state index in [-0.39, 0.29) is 6.04 Å². The summed E-state index contributed by atoms with van der Waals surface area (Å²) in [6.45, 7) is 14.5. The number of anilines is 2. The third kappa shape index (κ3) is 9.11. The van der Waals surface area contributed by atoms with Crippen molar-refractivity contribution in [3.05, 3.63) is 133 Å². The Morgan fingerprint density at radius 3 is 2.31 bits per heavy atom. The van der Waals surface area contributed by atoms with E-state index in [4.69, 9.17) is 11.5 Å². The second-order valence-corrected chi connectivity index (χ2v) is 11.1. The van der Waals surface area contributed by atoms with Crippen LogP contribution in [0.3, 0.4) is 0 Å². The Morgan fingerprint density at radius 1 is 0.952 bits per heavy atom. The van der Waals surface area contributed by atoms with E-state index in [2.05, 4.69) is 82.7 Å². The van der Waals surface area contributed by atoms with Crippen LogP contribution in [-0.4, -0.2) is 25.3 Å². The number of hydrogen-bond acceptors (Lipinski definition) is 6. The topological polar surface area (TPSA) is 91.7 Å². The zero-order chi connectivity index (χ0) is 29.7. The van der Waals surface area contributed by atoms with E-state index < -0.39 is 0 Å². The van der Waals surface area contributed by atoms with Crippen LogP contribution in [0.25, 0.3) is 0 Å². The van der Waals surface area contributed by atoms with Crippen LogP contribution in [-0.2, 0) is 6.42 Å². The molecule has 4 rings (SSSR count). The summed E-state index contributed by atoms with van der Waals surface area (Å²) in [4.78, 5) is 6.86. The molecule has 0 amide bonds. The van der Waals surface area contributed by atoms with Crippen LogP contribution in [0.1, 0.15) is 44.1 Å². The maximum absolute atomic E-state index is 6.47. The summed E-state index contributed by atoms with van der Waals surface area (Å²) >= 11 is 0. The second-order valence-electron chi connectivity index (χ2n) is 11.1. The third-order valence-electron chi connectivity index (χ3n) is 7.95. The van der Waals surface area contributed by atoms with Crippen molar-refractivity contribution in [3.63, 3.8) is 0 Å². The van der Waals surface area contributed by atoms with E-state index >= 15 is 0 Å². The maximum Gasteiger partial charge on any atom is 0.122 e. The second kappa shape index (κ2) is 15.6. The molecule has 1 saturated carbocycles. The average Bonchev–Trinajstić information content (AvgIpc) is 2.97. The standard InChI is InChI=1S/C36H46N6/c1-4-30(16-21-36(31-14-11-15-31)40-27(2)35(38)26-29-12-7-5-8-13-29)34(37)22-23-39-28(3)41-32-17-19-33(20-18-32)42-24-9-6-10-25-42/h4-5,7-8,12-13,16-23,31,35,40-41H,1-3,6,9-11,14-15,24-26,37-38H2/b30-16+,34-22-,36-21+,39-23-/t35-/m0/s1. The highest BCUT2D eigenvalue weighted by atomic mass is 15.1. The number of hydrogen-bond donors (Lipinski definition) is 4. The van der Waals surface area contributed by atoms with Crippen LogP contribution in [0.2, 0.25) is 0 Å². The lowest BCUT2D eigenvalue weighted by atomic mass is 9.82. The number of nitrogens with zero attached hydrogens (tertiary/aromatic N) is 2. The van der Waals surface area contributed by atoms with Gasteiger partial charge in [-0.3, -0.25) is 0 Å². The van der Waals surface area contributed by atoms with Crippen LogP contribution in [0, 0.1) is 5.92 Å². The van der Waals surface area contributed by atoms with Crippen molar-refractivity contribution in [2.24, 2.45) is 22.4 Å². The summed E-state index contributed by atoms with van der Waals surface area (Å²) in [6, 6.07) is 18.5. The molecule has 2 aromatic rings. The van der Waals surface area contributed by atoms with Crippen LogP contribution >= 0.6 is 0 Å². The minimum atomic E-state index is -0.186. The fraction of sp³-hybridized carbons (Fsp3) is 0.306. The van der Waals surface area contributed by atoms with E-state index in [1.165, 1.54) is 36.9 Å². The summed E-state index contributed by atoms with van der Waals surface area (Å²) in [7, 11) is 0. The SMILES string of the molecule is C=CC(=C\C=C(\NC(=C)[C@@H](N)Cc1ccccc1)C1CCC1)/C(N)=C/C=N\C(=C)Nc1ccc(N2CCCCC2)cc1. The molecular formula is C36H46N6. The van der Waals surface area contributed by atoms with E-state index in [0.717, 1.165) is 55.0 Å². The first kappa shape index (κ1) is 30.7. The van der Waals surface area contributed by atoms with Crippen LogP contribution in [0.5, 0.6) is 0 Å². The van der Waals surface area contributed by atoms with Gasteiger partial charge in [0.05, 0.1) is 0 Å². The van der Waals surface area contributed by atoms with E-state index in [0.29, 0.717) is 17.4 Å². The Kier molecular flexibility index (Phi) is 11.4. The molecule has 0 bridgehead atoms. The van der Waals surface area contributed by atoms with Crippen LogP contribution in [0.4, 0.5) is 11.4 Å². The number of allylic oxidation sites excluding steroid dienone is 5. The van der Waals surface area contributed by atoms with Gasteiger partial charge < -0.3 is 27.0 Å². The highest BCUT2D eigenvalue weighted by Crippen LogP contribution is 2.32. The maximum atomic E-state index is 6.47. The summed E-state index contributed by atoms with van der Waals surface area (Å²) in [5.74, 6) is 0.999. The van der Waals surface area contributed by atoms with E-state index in [1.54, 1.807) is 18.4 Å². The van der Waals surface area contributed by atoms with Crippen LogP contribution < -0.4 is 27.0 Å². The van der Waals surface area contributed by atoms with Gasteiger partial charge in [0, 0.05) is 53.8 Å². The molecule has 6 N–H and O–H groups in total. The predicted octanol–water partition coefficient (Wildman–Crippen LogP) is 6.94. The molecular weight excluding hydrogens is 516 g/mol. The number of nitrogens with two attached hydrogens (primary N) is 2. The van der Waals surface area contributed by atoms with Gasteiger partial charge in [0.15, 0.2) is 0 Å². The van der Waals surface area contributed by atoms with E-state index in [1.807, 2.05) is 24.3 Å². The summed E-state index contributed by atoms with van der Waals surface area (Å²) in [5.41, 5.74) is 19.6. The highest BCUT2D eigenvalue weighted by molar-refractivity contribution is 5.75. The Morgan fingerprint density at radius 2 is 1.67 bits per heavy atom. The summed E-state index contributed by atoms with van der Waals surface area (Å²) in [5, 5.41) is 6.76. The van der Waals surface area contributed by atoms with Gasteiger partial charge >= 0.3 is 0 Å². The number of benzene rings is 2. The molecule has 6 nitrogen and oxygen atoms in total. The Hall–Kier alpha value is -4.29. The molecule has 0 spiro atoms. The molecule has 1 aliphatic carbocycles. The van der Waals surface area contributed by atoms with Crippen molar-refractivity contribution < 1.29 is 0 Å². The molecule has 1 atom stereocenters. The fourth-order valence-corrected chi connectivity index (χ4v) is 5.14. The lowest BCUT2D eigenvalue weighted by Crippen LogP contribution is -2.35. The van der Waals surface area contributed by atoms with Gasteiger partial charge in [0.25, 0.3) is 0 Å². The molecule has 6 heteroatoms. The molecule has 2 aliphatic rings. The minimum Gasteiger partial charge on any atom is -0.398 e. The van der Waals surface area contributed by atoms with Gasteiger partial charge in [-0.05, 0) is 92.0 Å². The van der Waals surface area contributed by atoms with Crippen LogP contribution in [0.15, 0.2) is 132 Å².